The minimum Gasteiger partial charge on any atom is -0.502 e. The van der Waals surface area contributed by atoms with Crippen LogP contribution in [0.1, 0.15) is 46.2 Å². The molecular weight excluding hydrogens is 413 g/mol. The van der Waals surface area contributed by atoms with Gasteiger partial charge < -0.3 is 10.0 Å². The Morgan fingerprint density at radius 3 is 2.80 bits per heavy atom. The molecule has 0 saturated carbocycles. The summed E-state index contributed by atoms with van der Waals surface area (Å²) in [4.78, 5) is 39.7. The van der Waals surface area contributed by atoms with Crippen LogP contribution < -0.4 is 10.4 Å². The number of pyridine rings is 1. The van der Waals surface area contributed by atoms with Gasteiger partial charge in [0.05, 0.1) is 10.6 Å². The number of aryl methyl sites for hydroxylation is 1. The van der Waals surface area contributed by atoms with E-state index in [1.165, 1.54) is 27.9 Å². The van der Waals surface area contributed by atoms with Gasteiger partial charge in [-0.3, -0.25) is 24.1 Å². The van der Waals surface area contributed by atoms with Crippen molar-refractivity contribution < 1.29 is 19.1 Å². The predicted molar refractivity (Wildman–Crippen MR) is 109 cm³/mol. The number of hydrogen-bond acceptors (Lipinski definition) is 5. The Labute approximate surface area is 177 Å². The molecule has 2 atom stereocenters. The topological polar surface area (TPSA) is 82.9 Å². The number of aromatic hydroxyl groups is 1. The molecule has 0 spiro atoms. The Balaban J connectivity index is 1.69. The maximum atomic E-state index is 14.1. The fraction of sp³-hybridized carbons (Fsp3) is 0.381. The van der Waals surface area contributed by atoms with Gasteiger partial charge in [0.15, 0.2) is 17.2 Å². The maximum absolute atomic E-state index is 14.1. The number of Topliss-reactive ketones (excluding diaryl/α,β-unsaturated/α-hetero) is 1. The van der Waals surface area contributed by atoms with Crippen LogP contribution in [0.5, 0.6) is 5.75 Å². The van der Waals surface area contributed by atoms with E-state index in [1.807, 2.05) is 11.9 Å². The molecule has 1 fully saturated rings. The summed E-state index contributed by atoms with van der Waals surface area (Å²) in [6.45, 7) is 2.66. The molecule has 3 heterocycles. The summed E-state index contributed by atoms with van der Waals surface area (Å²) >= 11 is 5.77. The predicted octanol–water partition coefficient (Wildman–Crippen LogP) is 2.55. The van der Waals surface area contributed by atoms with E-state index in [2.05, 4.69) is 0 Å². The number of hydrogen-bond donors (Lipinski definition) is 1. The van der Waals surface area contributed by atoms with Gasteiger partial charge in [-0.2, -0.15) is 0 Å². The molecule has 0 bridgehead atoms. The second-order valence-electron chi connectivity index (χ2n) is 7.91. The molecule has 0 radical (unpaired) electrons. The Hall–Kier alpha value is -2.87. The van der Waals surface area contributed by atoms with Gasteiger partial charge in [-0.1, -0.05) is 30.7 Å². The van der Waals surface area contributed by atoms with Crippen LogP contribution in [0, 0.1) is 11.7 Å². The van der Waals surface area contributed by atoms with E-state index in [4.69, 9.17) is 11.6 Å². The lowest BCUT2D eigenvalue weighted by Gasteiger charge is -2.41. The summed E-state index contributed by atoms with van der Waals surface area (Å²) in [5.41, 5.74) is -1.01. The number of carbonyl (C=O) groups excluding carboxylic acids is 2. The number of nitrogens with zero attached hydrogens (tertiary/aromatic N) is 3. The third kappa shape index (κ3) is 3.15. The van der Waals surface area contributed by atoms with E-state index >= 15 is 0 Å². The molecule has 1 amide bonds. The number of halogens is 2. The SMILES string of the molecule is C[C@H]1C[C@H]2N(C)C(=O)c3c(O)c(=O)c(C(=O)CCc4cccc(Cl)c4F)cn3N2C1. The molecule has 2 aliphatic heterocycles. The van der Waals surface area contributed by atoms with Crippen LogP contribution in [-0.2, 0) is 6.42 Å². The van der Waals surface area contributed by atoms with Crippen molar-refractivity contribution >= 4 is 23.3 Å². The monoisotopic (exact) mass is 433 g/mol. The highest BCUT2D eigenvalue weighted by atomic mass is 35.5. The number of benzene rings is 1. The molecule has 1 N–H and O–H groups in total. The highest BCUT2D eigenvalue weighted by Crippen LogP contribution is 2.31. The van der Waals surface area contributed by atoms with Crippen molar-refractivity contribution in [3.8, 4) is 5.75 Å². The second-order valence-corrected chi connectivity index (χ2v) is 8.32. The van der Waals surface area contributed by atoms with Crippen molar-refractivity contribution in [3.05, 3.63) is 62.3 Å². The Morgan fingerprint density at radius 2 is 2.07 bits per heavy atom. The van der Waals surface area contributed by atoms with Crippen molar-refractivity contribution in [2.75, 3.05) is 18.6 Å². The molecule has 9 heteroatoms. The van der Waals surface area contributed by atoms with Gasteiger partial charge in [-0.15, -0.1) is 0 Å². The summed E-state index contributed by atoms with van der Waals surface area (Å²) < 4.78 is 15.5. The molecule has 2 aromatic rings. The number of fused-ring (bicyclic) bond motifs is 3. The number of ketones is 1. The molecule has 0 aliphatic carbocycles. The molecule has 1 saturated heterocycles. The highest BCUT2D eigenvalue weighted by Gasteiger charge is 2.43. The quantitative estimate of drug-likeness (QED) is 0.749. The summed E-state index contributed by atoms with van der Waals surface area (Å²) in [6, 6.07) is 4.52. The van der Waals surface area contributed by atoms with Crippen molar-refractivity contribution in [3.63, 3.8) is 0 Å². The van der Waals surface area contributed by atoms with Gasteiger partial charge in [-0.05, 0) is 30.4 Å². The van der Waals surface area contributed by atoms with Crippen LogP contribution in [0.25, 0.3) is 0 Å². The van der Waals surface area contributed by atoms with Crippen LogP contribution >= 0.6 is 11.6 Å². The summed E-state index contributed by atoms with van der Waals surface area (Å²) in [6.07, 6.45) is 1.76. The highest BCUT2D eigenvalue weighted by molar-refractivity contribution is 6.30. The second kappa shape index (κ2) is 7.43. The van der Waals surface area contributed by atoms with E-state index in [0.29, 0.717) is 12.5 Å². The maximum Gasteiger partial charge on any atom is 0.277 e. The Kier molecular flexibility index (Phi) is 5.05. The molecule has 4 rings (SSSR count). The normalized spacial score (nSPS) is 20.3. The zero-order chi connectivity index (χ0) is 21.7. The Morgan fingerprint density at radius 1 is 1.33 bits per heavy atom. The fourth-order valence-corrected chi connectivity index (χ4v) is 4.40. The zero-order valence-electron chi connectivity index (χ0n) is 16.6. The van der Waals surface area contributed by atoms with E-state index < -0.39 is 28.7 Å². The molecule has 30 heavy (non-hydrogen) atoms. The van der Waals surface area contributed by atoms with Crippen LogP contribution in [0.4, 0.5) is 4.39 Å². The number of amides is 1. The lowest BCUT2D eigenvalue weighted by molar-refractivity contribution is 0.0653. The third-order valence-electron chi connectivity index (χ3n) is 5.82. The first-order valence-corrected chi connectivity index (χ1v) is 10.1. The molecule has 7 nitrogen and oxygen atoms in total. The average Bonchev–Trinajstić information content (AvgIpc) is 3.11. The fourth-order valence-electron chi connectivity index (χ4n) is 4.20. The molecule has 1 aromatic carbocycles. The van der Waals surface area contributed by atoms with E-state index in [9.17, 15) is 23.9 Å². The van der Waals surface area contributed by atoms with Gasteiger partial charge >= 0.3 is 0 Å². The van der Waals surface area contributed by atoms with Crippen molar-refractivity contribution in [1.82, 2.24) is 9.58 Å². The van der Waals surface area contributed by atoms with Gasteiger partial charge in [0.1, 0.15) is 12.0 Å². The minimum absolute atomic E-state index is 0.0386. The summed E-state index contributed by atoms with van der Waals surface area (Å²) in [5.74, 6) is -2.06. The summed E-state index contributed by atoms with van der Waals surface area (Å²) in [5, 5.41) is 12.3. The van der Waals surface area contributed by atoms with Crippen LogP contribution in [0.2, 0.25) is 5.02 Å². The van der Waals surface area contributed by atoms with Crippen molar-refractivity contribution in [2.45, 2.75) is 32.4 Å². The van der Waals surface area contributed by atoms with Crippen LogP contribution in [-0.4, -0.2) is 46.1 Å². The van der Waals surface area contributed by atoms with Gasteiger partial charge in [0.2, 0.25) is 5.43 Å². The van der Waals surface area contributed by atoms with E-state index in [1.54, 1.807) is 13.1 Å². The van der Waals surface area contributed by atoms with Crippen molar-refractivity contribution in [2.24, 2.45) is 5.92 Å². The van der Waals surface area contributed by atoms with E-state index in [0.717, 1.165) is 6.42 Å². The van der Waals surface area contributed by atoms with Crippen molar-refractivity contribution in [1.29, 1.82) is 0 Å². The molecular formula is C21H21ClFN3O4. The molecule has 2 aliphatic rings. The number of aromatic nitrogens is 1. The van der Waals surface area contributed by atoms with Crippen LogP contribution in [0.3, 0.4) is 0 Å². The van der Waals surface area contributed by atoms with E-state index in [-0.39, 0.29) is 40.9 Å². The lowest BCUT2D eigenvalue weighted by atomic mass is 10.0. The largest absolute Gasteiger partial charge is 0.502 e. The van der Waals surface area contributed by atoms with Gasteiger partial charge in [-0.25, -0.2) is 4.39 Å². The van der Waals surface area contributed by atoms with Gasteiger partial charge in [0.25, 0.3) is 5.91 Å². The zero-order valence-corrected chi connectivity index (χ0v) is 17.3. The summed E-state index contributed by atoms with van der Waals surface area (Å²) in [7, 11) is 1.63. The molecule has 158 valence electrons. The smallest absolute Gasteiger partial charge is 0.277 e. The Bertz CT molecular complexity index is 1120. The third-order valence-corrected chi connectivity index (χ3v) is 6.11. The molecule has 0 unspecified atom stereocenters. The first-order valence-electron chi connectivity index (χ1n) is 9.69. The number of rotatable bonds is 4. The number of carbonyl (C=O) groups is 2. The average molecular weight is 434 g/mol. The lowest BCUT2D eigenvalue weighted by Crippen LogP contribution is -2.57. The first kappa shape index (κ1) is 20.4. The standard InChI is InChI=1S/C21H21ClFN3O4/c1-11-8-16-24(2)21(30)18-20(29)19(28)13(10-26(18)25(16)9-11)15(27)7-6-12-4-3-5-14(22)17(12)23/h3-5,10-11,16,29H,6-9H2,1-2H3/t11-,16-/m0/s1. The minimum atomic E-state index is -0.898. The molecule has 1 aromatic heterocycles. The van der Waals surface area contributed by atoms with Crippen LogP contribution in [0.15, 0.2) is 29.2 Å². The first-order chi connectivity index (χ1) is 14.2. The van der Waals surface area contributed by atoms with Gasteiger partial charge in [0, 0.05) is 26.2 Å².